The van der Waals surface area contributed by atoms with Crippen LogP contribution in [0.3, 0.4) is 0 Å². The monoisotopic (exact) mass is 355 g/mol. The predicted octanol–water partition coefficient (Wildman–Crippen LogP) is 3.23. The third kappa shape index (κ3) is 4.30. The maximum atomic E-state index is 12.5. The number of carbonyl (C=O) groups is 1. The molecule has 0 fully saturated rings. The van der Waals surface area contributed by atoms with Gasteiger partial charge in [0.2, 0.25) is 0 Å². The van der Waals surface area contributed by atoms with Crippen LogP contribution in [-0.2, 0) is 13.0 Å². The number of aromatic nitrogens is 4. The highest BCUT2D eigenvalue weighted by atomic mass is 32.1. The van der Waals surface area contributed by atoms with Gasteiger partial charge in [-0.1, -0.05) is 37.3 Å². The molecule has 0 aliphatic heterocycles. The van der Waals surface area contributed by atoms with Gasteiger partial charge in [-0.25, -0.2) is 14.6 Å². The quantitative estimate of drug-likeness (QED) is 0.706. The van der Waals surface area contributed by atoms with Crippen molar-refractivity contribution in [2.45, 2.75) is 39.3 Å². The molecule has 3 rings (SSSR count). The third-order valence-electron chi connectivity index (χ3n) is 3.80. The first-order valence-corrected chi connectivity index (χ1v) is 9.22. The maximum absolute atomic E-state index is 12.5. The van der Waals surface area contributed by atoms with E-state index in [4.69, 9.17) is 0 Å². The first-order valence-electron chi connectivity index (χ1n) is 8.34. The summed E-state index contributed by atoms with van der Waals surface area (Å²) >= 11 is 1.50. The molecule has 0 spiro atoms. The first-order chi connectivity index (χ1) is 12.2. The van der Waals surface area contributed by atoms with Crippen molar-refractivity contribution in [2.24, 2.45) is 0 Å². The van der Waals surface area contributed by atoms with Crippen molar-refractivity contribution in [1.29, 1.82) is 0 Å². The molecule has 2 heterocycles. The summed E-state index contributed by atoms with van der Waals surface area (Å²) in [6.07, 6.45) is 3.22. The standard InChI is InChI=1S/C18H21N5OS/c1-3-9-23-17(19-12-20-23)13(2)21-18(24)15-11-25-16(22-15)10-14-7-5-4-6-8-14/h4-8,11-13H,3,9-10H2,1-2H3,(H,21,24). The summed E-state index contributed by atoms with van der Waals surface area (Å²) in [7, 11) is 0. The van der Waals surface area contributed by atoms with Gasteiger partial charge in [-0.05, 0) is 18.9 Å². The SMILES string of the molecule is CCCn1ncnc1C(C)NC(=O)c1csc(Cc2ccccc2)n1. The highest BCUT2D eigenvalue weighted by Crippen LogP contribution is 2.16. The molecule has 0 saturated heterocycles. The molecular formula is C18H21N5OS. The Bertz CT molecular complexity index is 827. The van der Waals surface area contributed by atoms with E-state index in [1.165, 1.54) is 23.2 Å². The third-order valence-corrected chi connectivity index (χ3v) is 4.65. The van der Waals surface area contributed by atoms with Crippen LogP contribution in [0.15, 0.2) is 42.0 Å². The van der Waals surface area contributed by atoms with E-state index in [1.54, 1.807) is 5.38 Å². The molecule has 1 N–H and O–H groups in total. The van der Waals surface area contributed by atoms with Crippen molar-refractivity contribution in [3.63, 3.8) is 0 Å². The molecule has 1 atom stereocenters. The van der Waals surface area contributed by atoms with E-state index in [1.807, 2.05) is 29.8 Å². The molecule has 1 unspecified atom stereocenters. The molecule has 0 aliphatic carbocycles. The van der Waals surface area contributed by atoms with Crippen LogP contribution in [0.4, 0.5) is 0 Å². The fourth-order valence-corrected chi connectivity index (χ4v) is 3.40. The van der Waals surface area contributed by atoms with E-state index in [-0.39, 0.29) is 11.9 Å². The van der Waals surface area contributed by atoms with Gasteiger partial charge in [0.25, 0.3) is 5.91 Å². The van der Waals surface area contributed by atoms with Crippen LogP contribution in [-0.4, -0.2) is 25.7 Å². The van der Waals surface area contributed by atoms with Crippen molar-refractivity contribution in [1.82, 2.24) is 25.1 Å². The molecule has 2 aromatic heterocycles. The number of thiazole rings is 1. The Hall–Kier alpha value is -2.54. The highest BCUT2D eigenvalue weighted by Gasteiger charge is 2.18. The van der Waals surface area contributed by atoms with Gasteiger partial charge < -0.3 is 5.32 Å². The smallest absolute Gasteiger partial charge is 0.271 e. The minimum Gasteiger partial charge on any atom is -0.341 e. The Morgan fingerprint density at radius 1 is 1.32 bits per heavy atom. The number of benzene rings is 1. The van der Waals surface area contributed by atoms with E-state index in [9.17, 15) is 4.79 Å². The Morgan fingerprint density at radius 3 is 2.88 bits per heavy atom. The zero-order valence-electron chi connectivity index (χ0n) is 14.3. The van der Waals surface area contributed by atoms with Gasteiger partial charge in [0.15, 0.2) is 0 Å². The number of aryl methyl sites for hydroxylation is 1. The summed E-state index contributed by atoms with van der Waals surface area (Å²) < 4.78 is 1.83. The lowest BCUT2D eigenvalue weighted by atomic mass is 10.2. The van der Waals surface area contributed by atoms with Crippen LogP contribution in [0, 0.1) is 0 Å². The Kier molecular flexibility index (Phi) is 5.55. The predicted molar refractivity (Wildman–Crippen MR) is 97.6 cm³/mol. The summed E-state index contributed by atoms with van der Waals surface area (Å²) in [5.41, 5.74) is 1.63. The molecule has 3 aromatic rings. The molecule has 0 radical (unpaired) electrons. The van der Waals surface area contributed by atoms with Gasteiger partial charge in [-0.3, -0.25) is 4.79 Å². The number of rotatable bonds is 7. The van der Waals surface area contributed by atoms with Crippen molar-refractivity contribution < 1.29 is 4.79 Å². The molecule has 0 bridgehead atoms. The van der Waals surface area contributed by atoms with Crippen molar-refractivity contribution in [2.75, 3.05) is 0 Å². The minimum absolute atomic E-state index is 0.186. The normalized spacial score (nSPS) is 12.1. The summed E-state index contributed by atoms with van der Waals surface area (Å²) in [5, 5.41) is 9.89. The second-order valence-corrected chi connectivity index (χ2v) is 6.77. The van der Waals surface area contributed by atoms with Gasteiger partial charge in [-0.15, -0.1) is 11.3 Å². The average molecular weight is 355 g/mol. The van der Waals surface area contributed by atoms with Gasteiger partial charge in [-0.2, -0.15) is 5.10 Å². The van der Waals surface area contributed by atoms with Crippen LogP contribution in [0.25, 0.3) is 0 Å². The van der Waals surface area contributed by atoms with Crippen LogP contribution >= 0.6 is 11.3 Å². The van der Waals surface area contributed by atoms with E-state index in [0.29, 0.717) is 5.69 Å². The zero-order valence-corrected chi connectivity index (χ0v) is 15.2. The van der Waals surface area contributed by atoms with E-state index >= 15 is 0 Å². The summed E-state index contributed by atoms with van der Waals surface area (Å²) in [6.45, 7) is 4.77. The summed E-state index contributed by atoms with van der Waals surface area (Å²) in [4.78, 5) is 21.2. The fraction of sp³-hybridized carbons (Fsp3) is 0.333. The summed E-state index contributed by atoms with van der Waals surface area (Å²) in [5.74, 6) is 0.573. The van der Waals surface area contributed by atoms with E-state index < -0.39 is 0 Å². The Morgan fingerprint density at radius 2 is 2.12 bits per heavy atom. The van der Waals surface area contributed by atoms with Gasteiger partial charge in [0, 0.05) is 18.3 Å². The van der Waals surface area contributed by atoms with Crippen LogP contribution < -0.4 is 5.32 Å². The van der Waals surface area contributed by atoms with Crippen molar-refractivity contribution in [3.05, 3.63) is 64.1 Å². The zero-order chi connectivity index (χ0) is 17.6. The second kappa shape index (κ2) is 8.02. The summed E-state index contributed by atoms with van der Waals surface area (Å²) in [6, 6.07) is 9.90. The molecule has 1 amide bonds. The van der Waals surface area contributed by atoms with Crippen LogP contribution in [0.5, 0.6) is 0 Å². The molecular weight excluding hydrogens is 334 g/mol. The number of amides is 1. The number of nitrogens with one attached hydrogen (secondary N) is 1. The number of hydrogen-bond acceptors (Lipinski definition) is 5. The van der Waals surface area contributed by atoms with Gasteiger partial charge >= 0.3 is 0 Å². The molecule has 7 heteroatoms. The molecule has 130 valence electrons. The lowest BCUT2D eigenvalue weighted by Crippen LogP contribution is -2.29. The number of carbonyl (C=O) groups excluding carboxylic acids is 1. The van der Waals surface area contributed by atoms with Crippen molar-refractivity contribution >= 4 is 17.2 Å². The topological polar surface area (TPSA) is 72.7 Å². The van der Waals surface area contributed by atoms with E-state index in [0.717, 1.165) is 30.2 Å². The lowest BCUT2D eigenvalue weighted by molar-refractivity contribution is 0.0933. The van der Waals surface area contributed by atoms with Crippen LogP contribution in [0.1, 0.15) is 53.2 Å². The lowest BCUT2D eigenvalue weighted by Gasteiger charge is -2.13. The molecule has 0 saturated carbocycles. The highest BCUT2D eigenvalue weighted by molar-refractivity contribution is 7.09. The van der Waals surface area contributed by atoms with Gasteiger partial charge in [0.1, 0.15) is 17.8 Å². The Labute approximate surface area is 150 Å². The minimum atomic E-state index is -0.221. The maximum Gasteiger partial charge on any atom is 0.271 e. The number of nitrogens with zero attached hydrogens (tertiary/aromatic N) is 4. The molecule has 6 nitrogen and oxygen atoms in total. The Balaban J connectivity index is 1.64. The first kappa shape index (κ1) is 17.3. The fourth-order valence-electron chi connectivity index (χ4n) is 2.59. The van der Waals surface area contributed by atoms with Crippen LogP contribution in [0.2, 0.25) is 0 Å². The largest absolute Gasteiger partial charge is 0.341 e. The second-order valence-electron chi connectivity index (χ2n) is 5.83. The van der Waals surface area contributed by atoms with E-state index in [2.05, 4.69) is 39.4 Å². The van der Waals surface area contributed by atoms with Crippen molar-refractivity contribution in [3.8, 4) is 0 Å². The molecule has 1 aromatic carbocycles. The number of hydrogen-bond donors (Lipinski definition) is 1. The van der Waals surface area contributed by atoms with Gasteiger partial charge in [0.05, 0.1) is 11.0 Å². The molecule has 0 aliphatic rings. The molecule has 25 heavy (non-hydrogen) atoms. The average Bonchev–Trinajstić information content (AvgIpc) is 3.26.